The predicted molar refractivity (Wildman–Crippen MR) is 65.4 cm³/mol. The molecule has 0 saturated carbocycles. The third-order valence-electron chi connectivity index (χ3n) is 2.06. The van der Waals surface area contributed by atoms with Crippen molar-refractivity contribution in [3.05, 3.63) is 16.1 Å². The quantitative estimate of drug-likeness (QED) is 0.494. The van der Waals surface area contributed by atoms with E-state index in [9.17, 15) is 13.2 Å². The second kappa shape index (κ2) is 6.58. The van der Waals surface area contributed by atoms with E-state index in [1.54, 1.807) is 0 Å². The fraction of sp³-hybridized carbons (Fsp3) is 0.600. The highest BCUT2D eigenvalue weighted by Crippen LogP contribution is 2.30. The number of guanidine groups is 1. The van der Waals surface area contributed by atoms with E-state index in [0.717, 1.165) is 29.6 Å². The molecule has 0 unspecified atom stereocenters. The molecule has 1 rings (SSSR count). The lowest BCUT2D eigenvalue weighted by Gasteiger charge is -2.03. The molecule has 0 aromatic carbocycles. The molecule has 0 bridgehead atoms. The molecule has 0 radical (unpaired) electrons. The van der Waals surface area contributed by atoms with Gasteiger partial charge in [0.25, 0.3) is 0 Å². The number of rotatable bonds is 5. The van der Waals surface area contributed by atoms with Crippen LogP contribution in [-0.4, -0.2) is 17.5 Å². The molecule has 0 fully saturated rings. The predicted octanol–water partition coefficient (Wildman–Crippen LogP) is 2.37. The summed E-state index contributed by atoms with van der Waals surface area (Å²) in [7, 11) is 0. The van der Waals surface area contributed by atoms with Crippen molar-refractivity contribution in [3.63, 3.8) is 0 Å². The standard InChI is InChI=1S/C10H15F3N4S/c1-2-3-4-15-9(14)16-5-8-17-7(6-18-8)10(11,12)13/h6H,2-5H2,1H3,(H3,14,15,16). The monoisotopic (exact) mass is 280 g/mol. The number of alkyl halides is 3. The molecule has 18 heavy (non-hydrogen) atoms. The summed E-state index contributed by atoms with van der Waals surface area (Å²) in [5, 5.41) is 4.15. The van der Waals surface area contributed by atoms with Gasteiger partial charge in [-0.3, -0.25) is 0 Å². The van der Waals surface area contributed by atoms with Gasteiger partial charge >= 0.3 is 6.18 Å². The van der Waals surface area contributed by atoms with E-state index in [2.05, 4.69) is 15.3 Å². The van der Waals surface area contributed by atoms with E-state index >= 15 is 0 Å². The molecule has 0 aliphatic rings. The molecule has 4 nitrogen and oxygen atoms in total. The zero-order valence-corrected chi connectivity index (χ0v) is 10.7. The van der Waals surface area contributed by atoms with Gasteiger partial charge in [0.2, 0.25) is 0 Å². The van der Waals surface area contributed by atoms with E-state index in [1.165, 1.54) is 0 Å². The van der Waals surface area contributed by atoms with E-state index < -0.39 is 11.9 Å². The zero-order chi connectivity index (χ0) is 13.6. The lowest BCUT2D eigenvalue weighted by atomic mass is 10.3. The van der Waals surface area contributed by atoms with Crippen LogP contribution in [0.25, 0.3) is 0 Å². The summed E-state index contributed by atoms with van der Waals surface area (Å²) in [6.07, 6.45) is -2.41. The van der Waals surface area contributed by atoms with Gasteiger partial charge in [-0.25, -0.2) is 9.98 Å². The number of nitrogens with one attached hydrogen (secondary N) is 1. The summed E-state index contributed by atoms with van der Waals surface area (Å²) >= 11 is 0.925. The van der Waals surface area contributed by atoms with Crippen LogP contribution in [0.2, 0.25) is 0 Å². The molecule has 1 aromatic rings. The van der Waals surface area contributed by atoms with E-state index in [0.29, 0.717) is 11.6 Å². The minimum atomic E-state index is -4.40. The van der Waals surface area contributed by atoms with E-state index in [1.807, 2.05) is 6.92 Å². The molecule has 0 amide bonds. The number of halogens is 3. The van der Waals surface area contributed by atoms with Crippen molar-refractivity contribution in [2.45, 2.75) is 32.5 Å². The van der Waals surface area contributed by atoms with Gasteiger partial charge in [-0.1, -0.05) is 13.3 Å². The third kappa shape index (κ3) is 4.91. The Morgan fingerprint density at radius 1 is 1.56 bits per heavy atom. The topological polar surface area (TPSA) is 63.3 Å². The Labute approximate surface area is 107 Å². The maximum absolute atomic E-state index is 12.3. The number of hydrogen-bond acceptors (Lipinski definition) is 3. The Morgan fingerprint density at radius 3 is 2.83 bits per heavy atom. The van der Waals surface area contributed by atoms with E-state index in [-0.39, 0.29) is 12.5 Å². The normalized spacial score (nSPS) is 12.8. The summed E-state index contributed by atoms with van der Waals surface area (Å²) in [4.78, 5) is 7.38. The lowest BCUT2D eigenvalue weighted by molar-refractivity contribution is -0.140. The Balaban J connectivity index is 2.48. The summed E-state index contributed by atoms with van der Waals surface area (Å²) in [6, 6.07) is 0. The molecule has 0 aliphatic heterocycles. The lowest BCUT2D eigenvalue weighted by Crippen LogP contribution is -2.32. The van der Waals surface area contributed by atoms with Crippen LogP contribution in [0.1, 0.15) is 30.5 Å². The Hall–Kier alpha value is -1.31. The molecule has 0 aliphatic carbocycles. The third-order valence-corrected chi connectivity index (χ3v) is 2.90. The van der Waals surface area contributed by atoms with Crippen molar-refractivity contribution in [1.29, 1.82) is 0 Å². The van der Waals surface area contributed by atoms with Crippen molar-refractivity contribution in [2.75, 3.05) is 6.54 Å². The van der Waals surface area contributed by atoms with Gasteiger partial charge < -0.3 is 11.1 Å². The van der Waals surface area contributed by atoms with Gasteiger partial charge in [0.05, 0.1) is 6.54 Å². The maximum atomic E-state index is 12.3. The van der Waals surface area contributed by atoms with E-state index in [4.69, 9.17) is 5.73 Å². The van der Waals surface area contributed by atoms with Crippen LogP contribution in [0, 0.1) is 0 Å². The van der Waals surface area contributed by atoms with Crippen molar-refractivity contribution in [1.82, 2.24) is 10.3 Å². The molecule has 8 heteroatoms. The van der Waals surface area contributed by atoms with Gasteiger partial charge in [0.1, 0.15) is 5.01 Å². The summed E-state index contributed by atoms with van der Waals surface area (Å²) < 4.78 is 36.8. The summed E-state index contributed by atoms with van der Waals surface area (Å²) in [5.74, 6) is 0.229. The molecular formula is C10H15F3N4S. The first-order valence-electron chi connectivity index (χ1n) is 5.49. The SMILES string of the molecule is CCCCNC(N)=NCc1nc(C(F)(F)F)cs1. The average Bonchev–Trinajstić information content (AvgIpc) is 2.75. The molecule has 0 saturated heterocycles. The average molecular weight is 280 g/mol. The van der Waals surface area contributed by atoms with Crippen LogP contribution in [0.5, 0.6) is 0 Å². The number of nitrogens with zero attached hydrogens (tertiary/aromatic N) is 2. The molecule has 1 aromatic heterocycles. The number of aromatic nitrogens is 1. The minimum Gasteiger partial charge on any atom is -0.370 e. The molecule has 1 heterocycles. The number of unbranched alkanes of at least 4 members (excludes halogenated alkanes) is 1. The summed E-state index contributed by atoms with van der Waals surface area (Å²) in [5.41, 5.74) is 4.67. The first-order chi connectivity index (χ1) is 8.43. The fourth-order valence-electron chi connectivity index (χ4n) is 1.12. The molecular weight excluding hydrogens is 265 g/mol. The number of aliphatic imine (C=N–C) groups is 1. The van der Waals surface area contributed by atoms with Gasteiger partial charge in [-0.05, 0) is 6.42 Å². The van der Waals surface area contributed by atoms with Crippen molar-refractivity contribution in [3.8, 4) is 0 Å². The first-order valence-corrected chi connectivity index (χ1v) is 6.37. The Bertz CT molecular complexity index is 400. The zero-order valence-electron chi connectivity index (χ0n) is 9.92. The highest BCUT2D eigenvalue weighted by atomic mass is 32.1. The summed E-state index contributed by atoms with van der Waals surface area (Å²) in [6.45, 7) is 2.81. The van der Waals surface area contributed by atoms with Gasteiger partial charge in [-0.2, -0.15) is 13.2 Å². The van der Waals surface area contributed by atoms with Crippen molar-refractivity contribution >= 4 is 17.3 Å². The fourth-order valence-corrected chi connectivity index (χ4v) is 1.84. The maximum Gasteiger partial charge on any atom is 0.434 e. The molecule has 3 N–H and O–H groups in total. The molecule has 102 valence electrons. The van der Waals surface area contributed by atoms with Gasteiger partial charge in [0.15, 0.2) is 11.7 Å². The van der Waals surface area contributed by atoms with Gasteiger partial charge in [-0.15, -0.1) is 11.3 Å². The molecule has 0 atom stereocenters. The van der Waals surface area contributed by atoms with Crippen LogP contribution in [-0.2, 0) is 12.7 Å². The van der Waals surface area contributed by atoms with Crippen LogP contribution in [0.15, 0.2) is 10.4 Å². The second-order valence-electron chi connectivity index (χ2n) is 3.61. The van der Waals surface area contributed by atoms with Gasteiger partial charge in [0, 0.05) is 11.9 Å². The first kappa shape index (κ1) is 14.7. The largest absolute Gasteiger partial charge is 0.434 e. The highest BCUT2D eigenvalue weighted by Gasteiger charge is 2.33. The second-order valence-corrected chi connectivity index (χ2v) is 4.55. The minimum absolute atomic E-state index is 0.0612. The smallest absolute Gasteiger partial charge is 0.370 e. The van der Waals surface area contributed by atoms with Crippen molar-refractivity contribution in [2.24, 2.45) is 10.7 Å². The number of nitrogens with two attached hydrogens (primary N) is 1. The van der Waals surface area contributed by atoms with Crippen LogP contribution in [0.4, 0.5) is 13.2 Å². The molecule has 0 spiro atoms. The Kier molecular flexibility index (Phi) is 5.39. The van der Waals surface area contributed by atoms with Crippen LogP contribution in [0.3, 0.4) is 0 Å². The number of hydrogen-bond donors (Lipinski definition) is 2. The highest BCUT2D eigenvalue weighted by molar-refractivity contribution is 7.09. The van der Waals surface area contributed by atoms with Crippen molar-refractivity contribution < 1.29 is 13.2 Å². The number of thiazole rings is 1. The van der Waals surface area contributed by atoms with Crippen LogP contribution >= 0.6 is 11.3 Å². The van der Waals surface area contributed by atoms with Crippen LogP contribution < -0.4 is 11.1 Å². The Morgan fingerprint density at radius 2 is 2.28 bits per heavy atom.